The molecule has 0 aliphatic carbocycles. The van der Waals surface area contributed by atoms with Gasteiger partial charge in [0.05, 0.1) is 12.9 Å². The number of aryl methyl sites for hydroxylation is 1. The molecular weight excluding hydrogens is 384 g/mol. The van der Waals surface area contributed by atoms with Gasteiger partial charge in [0.2, 0.25) is 0 Å². The van der Waals surface area contributed by atoms with Crippen LogP contribution < -0.4 is 10.6 Å². The number of hydrogen-bond acceptors (Lipinski definition) is 2. The molecule has 0 saturated carbocycles. The Hall–Kier alpha value is -3.54. The highest BCUT2D eigenvalue weighted by molar-refractivity contribution is 5.80. The van der Waals surface area contributed by atoms with Crippen LogP contribution >= 0.6 is 0 Å². The molecule has 2 aromatic carbocycles. The van der Waals surface area contributed by atoms with Crippen molar-refractivity contribution in [3.05, 3.63) is 90.6 Å². The lowest BCUT2D eigenvalue weighted by Crippen LogP contribution is -2.38. The quantitative estimate of drug-likeness (QED) is 0.247. The van der Waals surface area contributed by atoms with Crippen molar-refractivity contribution in [3.8, 4) is 0 Å². The molecule has 0 unspecified atom stereocenters. The van der Waals surface area contributed by atoms with Crippen LogP contribution in [-0.4, -0.2) is 33.2 Å². The third kappa shape index (κ3) is 5.75. The average Bonchev–Trinajstić information content (AvgIpc) is 3.46. The van der Waals surface area contributed by atoms with Gasteiger partial charge >= 0.3 is 0 Å². The summed E-state index contributed by atoms with van der Waals surface area (Å²) in [5.74, 6) is 0.863. The fourth-order valence-corrected chi connectivity index (χ4v) is 3.65. The lowest BCUT2D eigenvalue weighted by atomic mass is 10.1. The number of benzene rings is 2. The smallest absolute Gasteiger partial charge is 0.191 e. The second kappa shape index (κ2) is 10.5. The van der Waals surface area contributed by atoms with Crippen LogP contribution in [0, 0.1) is 0 Å². The summed E-state index contributed by atoms with van der Waals surface area (Å²) < 4.78 is 4.38. The Morgan fingerprint density at radius 1 is 0.968 bits per heavy atom. The summed E-state index contributed by atoms with van der Waals surface area (Å²) in [6.45, 7) is 6.29. The Balaban J connectivity index is 1.26. The van der Waals surface area contributed by atoms with E-state index < -0.39 is 0 Å². The highest BCUT2D eigenvalue weighted by Crippen LogP contribution is 2.15. The normalized spacial score (nSPS) is 11.7. The van der Waals surface area contributed by atoms with Gasteiger partial charge < -0.3 is 19.8 Å². The number of aliphatic imine (C=N–C) groups is 1. The number of hydrogen-bond donors (Lipinski definition) is 2. The number of nitrogens with one attached hydrogen (secondary N) is 2. The first-order valence-corrected chi connectivity index (χ1v) is 10.9. The number of guanidine groups is 1. The van der Waals surface area contributed by atoms with Gasteiger partial charge in [-0.15, -0.1) is 0 Å². The largest absolute Gasteiger partial charge is 0.357 e. The zero-order valence-corrected chi connectivity index (χ0v) is 18.0. The molecule has 0 fully saturated rings. The van der Waals surface area contributed by atoms with E-state index in [9.17, 15) is 0 Å². The first-order valence-electron chi connectivity index (χ1n) is 10.9. The highest BCUT2D eigenvalue weighted by atomic mass is 15.2. The minimum absolute atomic E-state index is 0.656. The van der Waals surface area contributed by atoms with E-state index in [0.29, 0.717) is 6.54 Å². The molecule has 0 aliphatic rings. The Labute approximate surface area is 183 Å². The molecule has 0 spiro atoms. The van der Waals surface area contributed by atoms with Gasteiger partial charge in [-0.05, 0) is 42.0 Å². The van der Waals surface area contributed by atoms with Crippen LogP contribution in [0.3, 0.4) is 0 Å². The van der Waals surface area contributed by atoms with Gasteiger partial charge in [-0.2, -0.15) is 0 Å². The number of para-hydroxylation sites is 1. The third-order valence-corrected chi connectivity index (χ3v) is 5.26. The molecule has 2 heterocycles. The summed E-state index contributed by atoms with van der Waals surface area (Å²) in [7, 11) is 0. The number of fused-ring (bicyclic) bond motifs is 1. The van der Waals surface area contributed by atoms with Crippen LogP contribution in [0.1, 0.15) is 24.5 Å². The fourth-order valence-electron chi connectivity index (χ4n) is 3.65. The van der Waals surface area contributed by atoms with E-state index in [0.717, 1.165) is 38.6 Å². The molecule has 0 saturated heterocycles. The van der Waals surface area contributed by atoms with Crippen molar-refractivity contribution in [3.63, 3.8) is 0 Å². The van der Waals surface area contributed by atoms with Crippen LogP contribution in [-0.2, 0) is 19.6 Å². The van der Waals surface area contributed by atoms with Crippen molar-refractivity contribution in [1.29, 1.82) is 0 Å². The van der Waals surface area contributed by atoms with Crippen LogP contribution in [0.25, 0.3) is 10.9 Å². The second-order valence-electron chi connectivity index (χ2n) is 7.59. The second-order valence-corrected chi connectivity index (χ2v) is 7.59. The van der Waals surface area contributed by atoms with Crippen molar-refractivity contribution in [2.24, 2.45) is 4.99 Å². The number of nitrogens with zero attached hydrogens (tertiary/aromatic N) is 4. The van der Waals surface area contributed by atoms with E-state index in [1.807, 2.05) is 12.5 Å². The summed E-state index contributed by atoms with van der Waals surface area (Å²) in [4.78, 5) is 8.84. The fraction of sp³-hybridized carbons (Fsp3) is 0.280. The maximum atomic E-state index is 4.75. The molecule has 31 heavy (non-hydrogen) atoms. The van der Waals surface area contributed by atoms with E-state index in [-0.39, 0.29) is 0 Å². The van der Waals surface area contributed by atoms with Crippen molar-refractivity contribution < 1.29 is 0 Å². The maximum Gasteiger partial charge on any atom is 0.191 e. The Morgan fingerprint density at radius 2 is 1.81 bits per heavy atom. The predicted octanol–water partition coefficient (Wildman–Crippen LogP) is 4.03. The number of imidazole rings is 1. The zero-order chi connectivity index (χ0) is 21.3. The Morgan fingerprint density at radius 3 is 2.61 bits per heavy atom. The van der Waals surface area contributed by atoms with Gasteiger partial charge in [0.15, 0.2) is 5.96 Å². The van der Waals surface area contributed by atoms with Gasteiger partial charge in [0, 0.05) is 50.3 Å². The maximum absolute atomic E-state index is 4.75. The summed E-state index contributed by atoms with van der Waals surface area (Å²) in [5, 5.41) is 8.09. The lowest BCUT2D eigenvalue weighted by molar-refractivity contribution is 0.641. The minimum atomic E-state index is 0.656. The average molecular weight is 415 g/mol. The molecule has 0 aliphatic heterocycles. The van der Waals surface area contributed by atoms with Gasteiger partial charge in [-0.25, -0.2) is 9.98 Å². The first-order chi connectivity index (χ1) is 15.3. The van der Waals surface area contributed by atoms with Crippen molar-refractivity contribution in [2.45, 2.75) is 33.0 Å². The molecule has 0 radical (unpaired) electrons. The van der Waals surface area contributed by atoms with Crippen molar-refractivity contribution in [1.82, 2.24) is 24.8 Å². The molecule has 2 aromatic heterocycles. The predicted molar refractivity (Wildman–Crippen MR) is 127 cm³/mol. The van der Waals surface area contributed by atoms with E-state index in [1.165, 1.54) is 22.0 Å². The molecule has 160 valence electrons. The molecule has 0 bridgehead atoms. The Bertz CT molecular complexity index is 1090. The molecule has 6 heteroatoms. The van der Waals surface area contributed by atoms with Crippen LogP contribution in [0.2, 0.25) is 0 Å². The number of aromatic nitrogens is 3. The highest BCUT2D eigenvalue weighted by Gasteiger charge is 2.02. The first kappa shape index (κ1) is 20.7. The van der Waals surface area contributed by atoms with Gasteiger partial charge in [-0.3, -0.25) is 0 Å². The van der Waals surface area contributed by atoms with Gasteiger partial charge in [-0.1, -0.05) is 42.5 Å². The summed E-state index contributed by atoms with van der Waals surface area (Å²) in [5.41, 5.74) is 3.75. The van der Waals surface area contributed by atoms with E-state index in [1.54, 1.807) is 6.20 Å². The van der Waals surface area contributed by atoms with Gasteiger partial charge in [0.25, 0.3) is 0 Å². The summed E-state index contributed by atoms with van der Waals surface area (Å²) in [6.07, 6.45) is 8.82. The van der Waals surface area contributed by atoms with Crippen LogP contribution in [0.5, 0.6) is 0 Å². The van der Waals surface area contributed by atoms with Crippen LogP contribution in [0.15, 0.2) is 84.5 Å². The van der Waals surface area contributed by atoms with E-state index in [2.05, 4.69) is 92.5 Å². The standard InChI is InChI=1S/C25H30N6/c1-2-27-25(28-13-5-15-31-16-12-23-6-3-4-7-24(23)31)29-18-21-8-10-22(11-9-21)19-30-17-14-26-20-30/h3-4,6-12,14,16-17,20H,2,5,13,15,18-19H2,1H3,(H2,27,28,29). The molecule has 0 atom stereocenters. The van der Waals surface area contributed by atoms with Crippen LogP contribution in [0.4, 0.5) is 0 Å². The molecule has 2 N–H and O–H groups in total. The molecular formula is C25H30N6. The molecule has 4 aromatic rings. The van der Waals surface area contributed by atoms with E-state index >= 15 is 0 Å². The Kier molecular flexibility index (Phi) is 7.00. The SMILES string of the molecule is CCNC(=NCc1ccc(Cn2ccnc2)cc1)NCCCn1ccc2ccccc21. The van der Waals surface area contributed by atoms with E-state index in [4.69, 9.17) is 4.99 Å². The van der Waals surface area contributed by atoms with Crippen molar-refractivity contribution >= 4 is 16.9 Å². The third-order valence-electron chi connectivity index (χ3n) is 5.26. The molecule has 6 nitrogen and oxygen atoms in total. The summed E-state index contributed by atoms with van der Waals surface area (Å²) >= 11 is 0. The topological polar surface area (TPSA) is 59.2 Å². The molecule has 4 rings (SSSR count). The lowest BCUT2D eigenvalue weighted by Gasteiger charge is -2.12. The molecule has 0 amide bonds. The monoisotopic (exact) mass is 414 g/mol. The van der Waals surface area contributed by atoms with Crippen molar-refractivity contribution in [2.75, 3.05) is 13.1 Å². The van der Waals surface area contributed by atoms with Gasteiger partial charge in [0.1, 0.15) is 0 Å². The minimum Gasteiger partial charge on any atom is -0.357 e. The zero-order valence-electron chi connectivity index (χ0n) is 18.0. The number of rotatable bonds is 9. The summed E-state index contributed by atoms with van der Waals surface area (Å²) in [6, 6.07) is 19.3.